The molecule has 3 atom stereocenters. The van der Waals surface area contributed by atoms with Crippen LogP contribution in [-0.4, -0.2) is 59.1 Å². The molecule has 5 nitrogen and oxygen atoms in total. The van der Waals surface area contributed by atoms with Gasteiger partial charge in [-0.1, -0.05) is 6.58 Å². The third-order valence-electron chi connectivity index (χ3n) is 3.51. The Morgan fingerprint density at radius 1 is 1.04 bits per heavy atom. The van der Waals surface area contributed by atoms with Crippen LogP contribution in [0.2, 0.25) is 0 Å². The lowest BCUT2D eigenvalue weighted by Gasteiger charge is -2.28. The van der Waals surface area contributed by atoms with E-state index < -0.39 is 61.7 Å². The summed E-state index contributed by atoms with van der Waals surface area (Å²) in [5.74, 6) is -1.11. The number of alkyl halides is 6. The van der Waals surface area contributed by atoms with Gasteiger partial charge in [-0.2, -0.15) is 26.3 Å². The number of esters is 1. The molecule has 0 aromatic carbocycles. The van der Waals surface area contributed by atoms with Crippen molar-refractivity contribution in [1.29, 1.82) is 0 Å². The fraction of sp³-hybridized carbons (Fsp3) is 0.800. The smallest absolute Gasteiger partial charge is 0.417 e. The summed E-state index contributed by atoms with van der Waals surface area (Å²) in [5.41, 5.74) is -6.37. The highest BCUT2D eigenvalue weighted by Gasteiger charge is 2.51. The van der Waals surface area contributed by atoms with Crippen LogP contribution in [0, 0.1) is 0 Å². The van der Waals surface area contributed by atoms with E-state index in [4.69, 9.17) is 4.74 Å². The number of carbonyl (C=O) groups excluding carboxylic acids is 1. The van der Waals surface area contributed by atoms with Crippen molar-refractivity contribution in [3.8, 4) is 0 Å². The van der Waals surface area contributed by atoms with Crippen molar-refractivity contribution in [3.63, 3.8) is 0 Å². The first-order valence-electron chi connectivity index (χ1n) is 7.45. The van der Waals surface area contributed by atoms with Crippen molar-refractivity contribution in [3.05, 3.63) is 12.2 Å². The first kappa shape index (κ1) is 24.7. The van der Waals surface area contributed by atoms with Gasteiger partial charge in [0.1, 0.15) is 6.10 Å². The lowest BCUT2D eigenvalue weighted by atomic mass is 9.98. The number of ether oxygens (including phenoxy) is 2. The highest BCUT2D eigenvalue weighted by Crippen LogP contribution is 2.34. The molecule has 0 aromatic heterocycles. The molecule has 0 aliphatic heterocycles. The highest BCUT2D eigenvalue weighted by atomic mass is 19.4. The minimum absolute atomic E-state index is 0.338. The Kier molecular flexibility index (Phi) is 8.13. The van der Waals surface area contributed by atoms with Gasteiger partial charge in [-0.3, -0.25) is 0 Å². The van der Waals surface area contributed by atoms with Crippen molar-refractivity contribution in [2.75, 3.05) is 13.2 Å². The summed E-state index contributed by atoms with van der Waals surface area (Å²) < 4.78 is 84.4. The molecule has 26 heavy (non-hydrogen) atoms. The fourth-order valence-corrected chi connectivity index (χ4v) is 1.65. The van der Waals surface area contributed by atoms with E-state index in [1.54, 1.807) is 0 Å². The van der Waals surface area contributed by atoms with E-state index in [1.165, 1.54) is 0 Å². The van der Waals surface area contributed by atoms with Crippen LogP contribution in [0.3, 0.4) is 0 Å². The van der Waals surface area contributed by atoms with E-state index in [1.807, 2.05) is 0 Å². The molecule has 0 heterocycles. The van der Waals surface area contributed by atoms with Crippen molar-refractivity contribution in [2.45, 2.75) is 63.3 Å². The number of rotatable bonds is 9. The first-order valence-corrected chi connectivity index (χ1v) is 7.45. The van der Waals surface area contributed by atoms with Gasteiger partial charge in [0.05, 0.1) is 18.8 Å². The summed E-state index contributed by atoms with van der Waals surface area (Å²) in [5, 5.41) is 18.5. The van der Waals surface area contributed by atoms with Gasteiger partial charge >= 0.3 is 18.3 Å². The maximum Gasteiger partial charge on any atom is 0.417 e. The molecule has 0 radical (unpaired) electrons. The van der Waals surface area contributed by atoms with Gasteiger partial charge in [-0.05, 0) is 20.8 Å². The predicted molar refractivity (Wildman–Crippen MR) is 78.1 cm³/mol. The van der Waals surface area contributed by atoms with Crippen LogP contribution in [0.25, 0.3) is 0 Å². The molecule has 0 spiro atoms. The second-order valence-electron chi connectivity index (χ2n) is 6.37. The molecule has 0 aliphatic rings. The largest absolute Gasteiger partial charge is 0.459 e. The number of hydrogen-bond acceptors (Lipinski definition) is 5. The van der Waals surface area contributed by atoms with Crippen molar-refractivity contribution >= 4 is 5.97 Å². The van der Waals surface area contributed by atoms with Crippen LogP contribution < -0.4 is 0 Å². The fourth-order valence-electron chi connectivity index (χ4n) is 1.65. The lowest BCUT2D eigenvalue weighted by Crippen LogP contribution is -2.45. The Bertz CT molecular complexity index is 496. The first-order chi connectivity index (χ1) is 11.4. The number of aliphatic hydroxyl groups is 2. The molecule has 0 saturated carbocycles. The molecule has 3 unspecified atom stereocenters. The van der Waals surface area contributed by atoms with Crippen LogP contribution in [-0.2, 0) is 14.3 Å². The summed E-state index contributed by atoms with van der Waals surface area (Å²) in [4.78, 5) is 11.6. The third-order valence-corrected chi connectivity index (χ3v) is 3.51. The highest BCUT2D eigenvalue weighted by molar-refractivity contribution is 5.88. The molecular formula is C15H22F6O5. The van der Waals surface area contributed by atoms with Crippen LogP contribution in [0.4, 0.5) is 26.3 Å². The number of hydrogen-bond donors (Lipinski definition) is 2. The third kappa shape index (κ3) is 7.50. The van der Waals surface area contributed by atoms with Crippen LogP contribution >= 0.6 is 0 Å². The van der Waals surface area contributed by atoms with E-state index in [0.717, 1.165) is 6.92 Å². The lowest BCUT2D eigenvalue weighted by molar-refractivity contribution is -0.261. The molecule has 11 heteroatoms. The van der Waals surface area contributed by atoms with Gasteiger partial charge in [0.15, 0.2) is 11.2 Å². The molecule has 0 amide bonds. The minimum Gasteiger partial charge on any atom is -0.459 e. The summed E-state index contributed by atoms with van der Waals surface area (Å²) in [6.45, 7) is 4.41. The van der Waals surface area contributed by atoms with E-state index in [9.17, 15) is 41.4 Å². The van der Waals surface area contributed by atoms with Crippen molar-refractivity contribution in [2.24, 2.45) is 0 Å². The Hall–Kier alpha value is -1.33. The molecule has 0 aliphatic carbocycles. The van der Waals surface area contributed by atoms with Gasteiger partial charge in [-0.15, -0.1) is 0 Å². The van der Waals surface area contributed by atoms with Gasteiger partial charge in [0, 0.05) is 12.8 Å². The Balaban J connectivity index is 4.36. The Morgan fingerprint density at radius 3 is 1.92 bits per heavy atom. The summed E-state index contributed by atoms with van der Waals surface area (Å²) in [6.07, 6.45) is -12.8. The molecule has 0 aromatic rings. The average Bonchev–Trinajstić information content (AvgIpc) is 2.39. The number of halogens is 6. The minimum atomic E-state index is -4.91. The molecule has 154 valence electrons. The van der Waals surface area contributed by atoms with E-state index in [0.29, 0.717) is 13.8 Å². The van der Waals surface area contributed by atoms with E-state index >= 15 is 0 Å². The van der Waals surface area contributed by atoms with Crippen LogP contribution in [0.15, 0.2) is 12.2 Å². The standard InChI is InChI=1S/C15H22F6O5/c1-9(8-25-6-5-12(3,23)14(16,17)18)11(22)26-10(2)7-13(4,24)15(19,20)21/h10,23-24H,1,5-8H2,2-4H3. The Labute approximate surface area is 146 Å². The van der Waals surface area contributed by atoms with Gasteiger partial charge in [0.2, 0.25) is 0 Å². The Morgan fingerprint density at radius 2 is 1.50 bits per heavy atom. The zero-order valence-electron chi connectivity index (χ0n) is 14.5. The van der Waals surface area contributed by atoms with Crippen molar-refractivity contribution < 1.29 is 50.8 Å². The molecule has 0 rings (SSSR count). The molecule has 0 fully saturated rings. The second kappa shape index (κ2) is 8.57. The molecular weight excluding hydrogens is 374 g/mol. The van der Waals surface area contributed by atoms with Gasteiger partial charge in [0.25, 0.3) is 0 Å². The summed E-state index contributed by atoms with van der Waals surface area (Å²) >= 11 is 0. The predicted octanol–water partition coefficient (Wildman–Crippen LogP) is 2.90. The van der Waals surface area contributed by atoms with Crippen molar-refractivity contribution in [1.82, 2.24) is 0 Å². The topological polar surface area (TPSA) is 76.0 Å². The summed E-state index contributed by atoms with van der Waals surface area (Å²) in [6, 6.07) is 0. The summed E-state index contributed by atoms with van der Waals surface area (Å²) in [7, 11) is 0. The quantitative estimate of drug-likeness (QED) is 0.271. The van der Waals surface area contributed by atoms with E-state index in [2.05, 4.69) is 11.3 Å². The number of carbonyl (C=O) groups is 1. The maximum atomic E-state index is 12.5. The zero-order valence-corrected chi connectivity index (χ0v) is 14.5. The SMILES string of the molecule is C=C(COCCC(C)(O)C(F)(F)F)C(=O)OC(C)CC(C)(O)C(F)(F)F. The van der Waals surface area contributed by atoms with E-state index in [-0.39, 0.29) is 5.57 Å². The molecule has 0 saturated heterocycles. The van der Waals surface area contributed by atoms with Gasteiger partial charge < -0.3 is 19.7 Å². The zero-order chi connectivity index (χ0) is 21.0. The molecule has 0 bridgehead atoms. The normalized spacial score (nSPS) is 18.6. The average molecular weight is 396 g/mol. The maximum absolute atomic E-state index is 12.5. The second-order valence-corrected chi connectivity index (χ2v) is 6.37. The van der Waals surface area contributed by atoms with Crippen LogP contribution in [0.1, 0.15) is 33.6 Å². The van der Waals surface area contributed by atoms with Crippen LogP contribution in [0.5, 0.6) is 0 Å². The molecule has 2 N–H and O–H groups in total. The van der Waals surface area contributed by atoms with Gasteiger partial charge in [-0.25, -0.2) is 4.79 Å². The monoisotopic (exact) mass is 396 g/mol.